The normalized spacial score (nSPS) is 10.9. The van der Waals surface area contributed by atoms with E-state index in [9.17, 15) is 4.79 Å². The molecular weight excluding hydrogens is 400 g/mol. The topological polar surface area (TPSA) is 59.9 Å². The van der Waals surface area contributed by atoms with E-state index in [-0.39, 0.29) is 12.5 Å². The molecule has 1 N–H and O–H groups in total. The van der Waals surface area contributed by atoms with Crippen molar-refractivity contribution in [2.45, 2.75) is 13.5 Å². The fraction of sp³-hybridized carbons (Fsp3) is 0.111. The molecule has 5 heteroatoms. The Morgan fingerprint density at radius 3 is 2.34 bits per heavy atom. The molecule has 32 heavy (non-hydrogen) atoms. The number of ether oxygens (including phenoxy) is 2. The number of hydrogen-bond acceptors (Lipinski definition) is 4. The number of aryl methyl sites for hydroxylation is 1. The molecule has 4 rings (SSSR count). The quantitative estimate of drug-likeness (QED) is 0.310. The summed E-state index contributed by atoms with van der Waals surface area (Å²) in [7, 11) is 0. The molecule has 0 spiro atoms. The van der Waals surface area contributed by atoms with Crippen LogP contribution >= 0.6 is 0 Å². The first-order chi connectivity index (χ1) is 15.7. The molecule has 0 heterocycles. The van der Waals surface area contributed by atoms with Crippen LogP contribution in [0.15, 0.2) is 96.1 Å². The van der Waals surface area contributed by atoms with Gasteiger partial charge in [-0.1, -0.05) is 60.2 Å². The van der Waals surface area contributed by atoms with Gasteiger partial charge in [-0.05, 0) is 65.2 Å². The number of benzene rings is 4. The third-order valence-electron chi connectivity index (χ3n) is 4.90. The molecule has 0 atom stereocenters. The van der Waals surface area contributed by atoms with Gasteiger partial charge in [-0.25, -0.2) is 5.43 Å². The summed E-state index contributed by atoms with van der Waals surface area (Å²) in [6, 6.07) is 29.5. The Balaban J connectivity index is 1.22. The predicted molar refractivity (Wildman–Crippen MR) is 127 cm³/mol. The highest BCUT2D eigenvalue weighted by Gasteiger charge is 2.03. The fourth-order valence-corrected chi connectivity index (χ4v) is 3.12. The average Bonchev–Trinajstić information content (AvgIpc) is 2.83. The van der Waals surface area contributed by atoms with Crippen LogP contribution in [-0.4, -0.2) is 18.7 Å². The van der Waals surface area contributed by atoms with Gasteiger partial charge in [0.05, 0.1) is 6.21 Å². The molecule has 0 aliphatic carbocycles. The summed E-state index contributed by atoms with van der Waals surface area (Å²) >= 11 is 0. The minimum Gasteiger partial charge on any atom is -0.489 e. The van der Waals surface area contributed by atoms with Crippen molar-refractivity contribution < 1.29 is 14.3 Å². The van der Waals surface area contributed by atoms with Crippen LogP contribution in [0.5, 0.6) is 11.5 Å². The van der Waals surface area contributed by atoms with Gasteiger partial charge in [0.25, 0.3) is 5.91 Å². The van der Waals surface area contributed by atoms with E-state index >= 15 is 0 Å². The Labute approximate surface area is 187 Å². The molecule has 4 aromatic rings. The zero-order valence-corrected chi connectivity index (χ0v) is 17.8. The van der Waals surface area contributed by atoms with E-state index in [1.165, 1.54) is 5.56 Å². The van der Waals surface area contributed by atoms with Crippen LogP contribution in [0.25, 0.3) is 10.8 Å². The van der Waals surface area contributed by atoms with Crippen molar-refractivity contribution in [3.05, 3.63) is 108 Å². The van der Waals surface area contributed by atoms with Crippen LogP contribution in [0.3, 0.4) is 0 Å². The summed E-state index contributed by atoms with van der Waals surface area (Å²) < 4.78 is 11.4. The van der Waals surface area contributed by atoms with Gasteiger partial charge in [-0.2, -0.15) is 5.10 Å². The zero-order valence-electron chi connectivity index (χ0n) is 17.8. The summed E-state index contributed by atoms with van der Waals surface area (Å²) in [5.74, 6) is 1.09. The molecule has 0 radical (unpaired) electrons. The Morgan fingerprint density at radius 2 is 1.56 bits per heavy atom. The van der Waals surface area contributed by atoms with E-state index in [1.54, 1.807) is 6.21 Å². The highest BCUT2D eigenvalue weighted by atomic mass is 16.5. The molecule has 0 aromatic heterocycles. The van der Waals surface area contributed by atoms with Crippen molar-refractivity contribution in [1.29, 1.82) is 0 Å². The number of carbonyl (C=O) groups is 1. The number of rotatable bonds is 8. The zero-order chi connectivity index (χ0) is 22.2. The molecule has 0 saturated heterocycles. The standard InChI is InChI=1S/C27H24N2O3/c1-20-6-8-22(9-7-20)18-31-25-13-10-21(11-14-25)17-28-29-27(30)19-32-26-15-12-23-4-2-3-5-24(23)16-26/h2-17H,18-19H2,1H3,(H,29,30)/b28-17-. The second kappa shape index (κ2) is 10.3. The lowest BCUT2D eigenvalue weighted by molar-refractivity contribution is -0.123. The smallest absolute Gasteiger partial charge is 0.277 e. The second-order valence-electron chi connectivity index (χ2n) is 7.43. The first kappa shape index (κ1) is 21.1. The highest BCUT2D eigenvalue weighted by Crippen LogP contribution is 2.20. The van der Waals surface area contributed by atoms with Gasteiger partial charge in [0.1, 0.15) is 18.1 Å². The predicted octanol–water partition coefficient (Wildman–Crippen LogP) is 5.26. The van der Waals surface area contributed by atoms with E-state index in [1.807, 2.05) is 66.7 Å². The monoisotopic (exact) mass is 424 g/mol. The molecule has 0 aliphatic rings. The van der Waals surface area contributed by atoms with Crippen molar-refractivity contribution in [2.24, 2.45) is 5.10 Å². The minimum absolute atomic E-state index is 0.110. The number of fused-ring (bicyclic) bond motifs is 1. The van der Waals surface area contributed by atoms with Gasteiger partial charge in [-0.15, -0.1) is 0 Å². The Bertz CT molecular complexity index is 1220. The first-order valence-electron chi connectivity index (χ1n) is 10.4. The molecule has 0 aliphatic heterocycles. The number of carbonyl (C=O) groups excluding carboxylic acids is 1. The lowest BCUT2D eigenvalue weighted by Gasteiger charge is -2.07. The van der Waals surface area contributed by atoms with E-state index in [0.717, 1.165) is 27.6 Å². The van der Waals surface area contributed by atoms with Crippen LogP contribution in [-0.2, 0) is 11.4 Å². The van der Waals surface area contributed by atoms with Crippen LogP contribution in [0, 0.1) is 6.92 Å². The Kier molecular flexibility index (Phi) is 6.78. The van der Waals surface area contributed by atoms with Gasteiger partial charge in [0.15, 0.2) is 6.61 Å². The fourth-order valence-electron chi connectivity index (χ4n) is 3.12. The molecular formula is C27H24N2O3. The van der Waals surface area contributed by atoms with Crippen molar-refractivity contribution in [1.82, 2.24) is 5.43 Å². The number of amides is 1. The third-order valence-corrected chi connectivity index (χ3v) is 4.90. The van der Waals surface area contributed by atoms with E-state index in [2.05, 4.69) is 41.7 Å². The summed E-state index contributed by atoms with van der Waals surface area (Å²) in [6.45, 7) is 2.47. The molecule has 0 saturated carbocycles. The van der Waals surface area contributed by atoms with Crippen molar-refractivity contribution >= 4 is 22.9 Å². The molecule has 0 unspecified atom stereocenters. The molecule has 1 amide bonds. The Morgan fingerprint density at radius 1 is 0.844 bits per heavy atom. The molecule has 0 bridgehead atoms. The van der Waals surface area contributed by atoms with Gasteiger partial charge in [0, 0.05) is 0 Å². The van der Waals surface area contributed by atoms with E-state index < -0.39 is 0 Å². The van der Waals surface area contributed by atoms with Crippen molar-refractivity contribution in [2.75, 3.05) is 6.61 Å². The Hall–Kier alpha value is -4.12. The summed E-state index contributed by atoms with van der Waals surface area (Å²) in [5, 5.41) is 6.18. The maximum atomic E-state index is 12.0. The first-order valence-corrected chi connectivity index (χ1v) is 10.4. The number of nitrogens with zero attached hydrogens (tertiary/aromatic N) is 1. The average molecular weight is 425 g/mol. The van der Waals surface area contributed by atoms with E-state index in [0.29, 0.717) is 12.4 Å². The molecule has 4 aromatic carbocycles. The summed E-state index contributed by atoms with van der Waals surface area (Å²) in [6.07, 6.45) is 1.58. The molecule has 0 fully saturated rings. The SMILES string of the molecule is Cc1ccc(COc2ccc(/C=N\NC(=O)COc3ccc4ccccc4c3)cc2)cc1. The second-order valence-corrected chi connectivity index (χ2v) is 7.43. The third kappa shape index (κ3) is 5.95. The highest BCUT2D eigenvalue weighted by molar-refractivity contribution is 5.84. The lowest BCUT2D eigenvalue weighted by Crippen LogP contribution is -2.24. The number of nitrogens with one attached hydrogen (secondary N) is 1. The summed E-state index contributed by atoms with van der Waals surface area (Å²) in [4.78, 5) is 12.0. The van der Waals surface area contributed by atoms with Crippen molar-refractivity contribution in [3.8, 4) is 11.5 Å². The van der Waals surface area contributed by atoms with Gasteiger partial charge >= 0.3 is 0 Å². The maximum absolute atomic E-state index is 12.0. The molecule has 160 valence electrons. The van der Waals surface area contributed by atoms with Crippen LogP contribution in [0.2, 0.25) is 0 Å². The van der Waals surface area contributed by atoms with Gasteiger partial charge in [-0.3, -0.25) is 4.79 Å². The van der Waals surface area contributed by atoms with Gasteiger partial charge in [0.2, 0.25) is 0 Å². The van der Waals surface area contributed by atoms with Crippen LogP contribution in [0.1, 0.15) is 16.7 Å². The number of hydrogen-bond donors (Lipinski definition) is 1. The van der Waals surface area contributed by atoms with E-state index in [4.69, 9.17) is 9.47 Å². The van der Waals surface area contributed by atoms with Crippen LogP contribution < -0.4 is 14.9 Å². The lowest BCUT2D eigenvalue weighted by atomic mass is 10.1. The largest absolute Gasteiger partial charge is 0.489 e. The van der Waals surface area contributed by atoms with Crippen LogP contribution in [0.4, 0.5) is 0 Å². The van der Waals surface area contributed by atoms with Crippen molar-refractivity contribution in [3.63, 3.8) is 0 Å². The summed E-state index contributed by atoms with van der Waals surface area (Å²) in [5.41, 5.74) is 5.68. The minimum atomic E-state index is -0.326. The molecule has 5 nitrogen and oxygen atoms in total. The number of hydrazone groups is 1. The van der Waals surface area contributed by atoms with Gasteiger partial charge < -0.3 is 9.47 Å². The maximum Gasteiger partial charge on any atom is 0.277 e.